The first-order valence-corrected chi connectivity index (χ1v) is 10.7. The van der Waals surface area contributed by atoms with Crippen molar-refractivity contribution in [1.82, 2.24) is 0 Å². The zero-order chi connectivity index (χ0) is 20.0. The molecule has 1 atom stereocenters. The minimum atomic E-state index is -0.556. The van der Waals surface area contributed by atoms with E-state index in [9.17, 15) is 5.11 Å². The molecule has 0 bridgehead atoms. The summed E-state index contributed by atoms with van der Waals surface area (Å²) in [6.07, 6.45) is 0.792. The second-order valence-electron chi connectivity index (χ2n) is 7.37. The van der Waals surface area contributed by atoms with Crippen molar-refractivity contribution < 1.29 is 9.84 Å². The Balaban J connectivity index is 1.75. The molecule has 0 spiro atoms. The summed E-state index contributed by atoms with van der Waals surface area (Å²) >= 11 is 1.76. The molecule has 2 nitrogen and oxygen atoms in total. The van der Waals surface area contributed by atoms with Crippen LogP contribution in [0.4, 0.5) is 0 Å². The highest BCUT2D eigenvalue weighted by molar-refractivity contribution is 7.99. The first-order chi connectivity index (χ1) is 14.2. The van der Waals surface area contributed by atoms with Gasteiger partial charge in [-0.1, -0.05) is 67.2 Å². The number of hydrogen-bond donors (Lipinski definition) is 1. The number of phenolic OH excluding ortho intramolecular Hbond substituents is 1. The quantitative estimate of drug-likeness (QED) is 0.402. The van der Waals surface area contributed by atoms with Crippen LogP contribution in [0.5, 0.6) is 5.75 Å². The molecule has 1 unspecified atom stereocenters. The molecule has 0 heterocycles. The Morgan fingerprint density at radius 3 is 2.28 bits per heavy atom. The molecule has 4 aromatic rings. The summed E-state index contributed by atoms with van der Waals surface area (Å²) in [5, 5.41) is 12.7. The zero-order valence-electron chi connectivity index (χ0n) is 16.5. The van der Waals surface area contributed by atoms with E-state index < -0.39 is 5.60 Å². The predicted molar refractivity (Wildman–Crippen MR) is 120 cm³/mol. The maximum absolute atomic E-state index is 10.7. The van der Waals surface area contributed by atoms with Gasteiger partial charge in [-0.25, -0.2) is 0 Å². The third-order valence-corrected chi connectivity index (χ3v) is 6.98. The van der Waals surface area contributed by atoms with Crippen LogP contribution in [-0.2, 0) is 10.3 Å². The molecule has 1 aliphatic rings. The van der Waals surface area contributed by atoms with E-state index >= 15 is 0 Å². The van der Waals surface area contributed by atoms with Gasteiger partial charge in [-0.3, -0.25) is 0 Å². The van der Waals surface area contributed by atoms with Gasteiger partial charge in [0.2, 0.25) is 0 Å². The minimum Gasteiger partial charge on any atom is -0.507 e. The van der Waals surface area contributed by atoms with E-state index in [0.717, 1.165) is 22.8 Å². The number of methoxy groups -OCH3 is 1. The van der Waals surface area contributed by atoms with E-state index in [1.54, 1.807) is 18.9 Å². The van der Waals surface area contributed by atoms with Crippen LogP contribution >= 0.6 is 11.8 Å². The Labute approximate surface area is 175 Å². The van der Waals surface area contributed by atoms with E-state index in [0.29, 0.717) is 5.75 Å². The molecule has 3 heteroatoms. The minimum absolute atomic E-state index is 0.306. The molecule has 0 aromatic heterocycles. The number of fused-ring (bicyclic) bond motifs is 5. The van der Waals surface area contributed by atoms with Gasteiger partial charge in [0.1, 0.15) is 11.4 Å². The first-order valence-electron chi connectivity index (χ1n) is 9.86. The van der Waals surface area contributed by atoms with Gasteiger partial charge in [0, 0.05) is 27.9 Å². The lowest BCUT2D eigenvalue weighted by Gasteiger charge is -2.29. The highest BCUT2D eigenvalue weighted by Gasteiger charge is 2.43. The van der Waals surface area contributed by atoms with Crippen molar-refractivity contribution in [2.45, 2.75) is 28.7 Å². The molecule has 29 heavy (non-hydrogen) atoms. The molecular weight excluding hydrogens is 376 g/mol. The molecule has 0 radical (unpaired) electrons. The van der Waals surface area contributed by atoms with Crippen LogP contribution in [0.3, 0.4) is 0 Å². The summed E-state index contributed by atoms with van der Waals surface area (Å²) in [6.45, 7) is 2.14. The maximum atomic E-state index is 10.7. The molecule has 5 rings (SSSR count). The highest BCUT2D eigenvalue weighted by atomic mass is 32.2. The average Bonchev–Trinajstić information content (AvgIpc) is 3.04. The van der Waals surface area contributed by atoms with Crippen LogP contribution in [0.15, 0.2) is 88.7 Å². The largest absolute Gasteiger partial charge is 0.507 e. The number of benzene rings is 4. The lowest BCUT2D eigenvalue weighted by molar-refractivity contribution is 0.0223. The van der Waals surface area contributed by atoms with Gasteiger partial charge in [0.15, 0.2) is 0 Å². The molecule has 144 valence electrons. The van der Waals surface area contributed by atoms with Crippen molar-refractivity contribution in [3.8, 4) is 16.9 Å². The summed E-state index contributed by atoms with van der Waals surface area (Å²) in [7, 11) is 1.77. The first kappa shape index (κ1) is 18.3. The molecule has 0 fully saturated rings. The van der Waals surface area contributed by atoms with Crippen molar-refractivity contribution in [2.75, 3.05) is 7.11 Å². The summed E-state index contributed by atoms with van der Waals surface area (Å²) in [5.74, 6) is 0.306. The Bertz CT molecular complexity index is 1210. The van der Waals surface area contributed by atoms with Gasteiger partial charge < -0.3 is 9.84 Å². The van der Waals surface area contributed by atoms with E-state index in [1.165, 1.54) is 26.5 Å². The van der Waals surface area contributed by atoms with Crippen LogP contribution in [0, 0.1) is 0 Å². The van der Waals surface area contributed by atoms with Crippen LogP contribution in [0.25, 0.3) is 21.9 Å². The van der Waals surface area contributed by atoms with Gasteiger partial charge >= 0.3 is 0 Å². The lowest BCUT2D eigenvalue weighted by Crippen LogP contribution is -2.26. The standard InChI is InChI=1S/C26H22O2S/c1-3-26(28-2)22-15-18(29-17-9-5-4-6-10-17)13-14-21(22)25-20-12-8-7-11-19(20)24(27)16-23(25)26/h4-16,27H,3H2,1-2H3. The lowest BCUT2D eigenvalue weighted by atomic mass is 9.87. The zero-order valence-corrected chi connectivity index (χ0v) is 17.3. The third-order valence-electron chi connectivity index (χ3n) is 5.98. The van der Waals surface area contributed by atoms with E-state index in [1.807, 2.05) is 30.3 Å². The van der Waals surface area contributed by atoms with Gasteiger partial charge in [-0.15, -0.1) is 0 Å². The molecule has 0 saturated carbocycles. The Hall–Kier alpha value is -2.75. The topological polar surface area (TPSA) is 29.5 Å². The fourth-order valence-electron chi connectivity index (χ4n) is 4.62. The second-order valence-corrected chi connectivity index (χ2v) is 8.52. The van der Waals surface area contributed by atoms with Crippen LogP contribution < -0.4 is 0 Å². The van der Waals surface area contributed by atoms with Gasteiger partial charge in [0.05, 0.1) is 0 Å². The highest BCUT2D eigenvalue weighted by Crippen LogP contribution is 2.55. The molecule has 0 aliphatic heterocycles. The van der Waals surface area contributed by atoms with Crippen molar-refractivity contribution in [3.63, 3.8) is 0 Å². The molecule has 1 aliphatic carbocycles. The predicted octanol–water partition coefficient (Wildman–Crippen LogP) is 6.98. The van der Waals surface area contributed by atoms with Crippen molar-refractivity contribution in [2.24, 2.45) is 0 Å². The Kier molecular flexibility index (Phi) is 4.38. The Morgan fingerprint density at radius 2 is 1.55 bits per heavy atom. The second kappa shape index (κ2) is 6.94. The smallest absolute Gasteiger partial charge is 0.123 e. The number of phenols is 1. The molecular formula is C26H22O2S. The van der Waals surface area contributed by atoms with E-state index in [-0.39, 0.29) is 0 Å². The van der Waals surface area contributed by atoms with Crippen molar-refractivity contribution in [1.29, 1.82) is 0 Å². The molecule has 4 aromatic carbocycles. The van der Waals surface area contributed by atoms with Gasteiger partial charge in [-0.2, -0.15) is 0 Å². The maximum Gasteiger partial charge on any atom is 0.123 e. The SMILES string of the molecule is CCC1(OC)c2cc(Sc3ccccc3)ccc2-c2c1cc(O)c1ccccc21. The molecule has 0 saturated heterocycles. The fourth-order valence-corrected chi connectivity index (χ4v) is 5.50. The van der Waals surface area contributed by atoms with E-state index in [2.05, 4.69) is 55.5 Å². The van der Waals surface area contributed by atoms with Crippen molar-refractivity contribution in [3.05, 3.63) is 90.0 Å². The van der Waals surface area contributed by atoms with E-state index in [4.69, 9.17) is 4.74 Å². The number of hydrogen-bond acceptors (Lipinski definition) is 3. The monoisotopic (exact) mass is 398 g/mol. The molecule has 0 amide bonds. The van der Waals surface area contributed by atoms with Gasteiger partial charge in [0.25, 0.3) is 0 Å². The van der Waals surface area contributed by atoms with Gasteiger partial charge in [-0.05, 0) is 58.8 Å². The normalized spacial score (nSPS) is 17.3. The Morgan fingerprint density at radius 1 is 0.828 bits per heavy atom. The molecule has 1 N–H and O–H groups in total. The summed E-state index contributed by atoms with van der Waals surface area (Å²) in [6, 6.07) is 27.0. The fraction of sp³-hybridized carbons (Fsp3) is 0.154. The summed E-state index contributed by atoms with van der Waals surface area (Å²) in [4.78, 5) is 2.40. The average molecular weight is 399 g/mol. The third kappa shape index (κ3) is 2.69. The number of aromatic hydroxyl groups is 1. The van der Waals surface area contributed by atoms with Crippen LogP contribution in [0.1, 0.15) is 24.5 Å². The summed E-state index contributed by atoms with van der Waals surface area (Å²) < 4.78 is 6.19. The number of ether oxygens (including phenoxy) is 1. The summed E-state index contributed by atoms with van der Waals surface area (Å²) in [5.41, 5.74) is 4.04. The number of rotatable bonds is 4. The van der Waals surface area contributed by atoms with Crippen LogP contribution in [0.2, 0.25) is 0 Å². The van der Waals surface area contributed by atoms with Crippen molar-refractivity contribution >= 4 is 22.5 Å². The van der Waals surface area contributed by atoms with Crippen LogP contribution in [-0.4, -0.2) is 12.2 Å².